The molecule has 0 fully saturated rings. The maximum atomic E-state index is 14.4. The summed E-state index contributed by atoms with van der Waals surface area (Å²) in [5, 5.41) is 2.70. The summed E-state index contributed by atoms with van der Waals surface area (Å²) in [5.74, 6) is -0.121. The van der Waals surface area contributed by atoms with Crippen molar-refractivity contribution in [1.82, 2.24) is 5.32 Å². The molecule has 0 bridgehead atoms. The molecule has 28 heavy (non-hydrogen) atoms. The van der Waals surface area contributed by atoms with Crippen LogP contribution in [0, 0.1) is 5.82 Å². The molecule has 0 radical (unpaired) electrons. The van der Waals surface area contributed by atoms with Crippen LogP contribution in [0.1, 0.15) is 18.5 Å². The number of ether oxygens (including phenoxy) is 3. The molecule has 0 saturated carbocycles. The van der Waals surface area contributed by atoms with Gasteiger partial charge in [0, 0.05) is 17.3 Å². The second-order valence-corrected chi connectivity index (χ2v) is 6.27. The Balaban J connectivity index is 1.84. The molecule has 0 spiro atoms. The first-order valence-electron chi connectivity index (χ1n) is 8.55. The number of carbonyl (C=O) groups is 2. The smallest absolute Gasteiger partial charge is 0.337 e. The molecule has 2 heterocycles. The predicted octanol–water partition coefficient (Wildman–Crippen LogP) is 3.27. The Labute approximate surface area is 160 Å². The average molecular weight is 384 g/mol. The summed E-state index contributed by atoms with van der Waals surface area (Å²) in [6.07, 6.45) is 0. The van der Waals surface area contributed by atoms with Crippen molar-refractivity contribution >= 4 is 17.7 Å². The monoisotopic (exact) mass is 384 g/mol. The zero-order valence-corrected chi connectivity index (χ0v) is 15.2. The molecule has 0 saturated heterocycles. The molecule has 2 aromatic rings. The number of methoxy groups -OCH3 is 1. The number of carbonyl (C=O) groups excluding carboxylic acids is 2. The maximum absolute atomic E-state index is 14.4. The predicted molar refractivity (Wildman–Crippen MR) is 97.4 cm³/mol. The van der Waals surface area contributed by atoms with Crippen LogP contribution in [0.15, 0.2) is 53.7 Å². The molecule has 2 aliphatic heterocycles. The third-order valence-corrected chi connectivity index (χ3v) is 4.72. The van der Waals surface area contributed by atoms with E-state index < -0.39 is 23.9 Å². The number of benzene rings is 2. The lowest BCUT2D eigenvalue weighted by molar-refractivity contribution is -0.136. The lowest BCUT2D eigenvalue weighted by atomic mass is 9.94. The van der Waals surface area contributed by atoms with Gasteiger partial charge in [0.25, 0.3) is 0 Å². The van der Waals surface area contributed by atoms with Gasteiger partial charge >= 0.3 is 12.0 Å². The van der Waals surface area contributed by atoms with Crippen molar-refractivity contribution < 1.29 is 28.2 Å². The third-order valence-electron chi connectivity index (χ3n) is 4.72. The Morgan fingerprint density at radius 1 is 1.21 bits per heavy atom. The van der Waals surface area contributed by atoms with Crippen LogP contribution < -0.4 is 19.7 Å². The second-order valence-electron chi connectivity index (χ2n) is 6.27. The molecule has 1 N–H and O–H groups in total. The number of rotatable bonds is 3. The summed E-state index contributed by atoms with van der Waals surface area (Å²) in [4.78, 5) is 26.7. The average Bonchev–Trinajstić information content (AvgIpc) is 3.15. The molecule has 4 rings (SSSR count). The normalized spacial score (nSPS) is 18.2. The van der Waals surface area contributed by atoms with Crippen molar-refractivity contribution in [3.05, 3.63) is 65.1 Å². The molecule has 0 aliphatic carbocycles. The first-order chi connectivity index (χ1) is 13.5. The van der Waals surface area contributed by atoms with Gasteiger partial charge < -0.3 is 19.5 Å². The van der Waals surface area contributed by atoms with Gasteiger partial charge in [-0.15, -0.1) is 0 Å². The minimum Gasteiger partial charge on any atom is -0.466 e. The lowest BCUT2D eigenvalue weighted by Crippen LogP contribution is -2.48. The quantitative estimate of drug-likeness (QED) is 0.822. The van der Waals surface area contributed by atoms with E-state index in [9.17, 15) is 14.0 Å². The van der Waals surface area contributed by atoms with Crippen molar-refractivity contribution in [3.63, 3.8) is 0 Å². The SMILES string of the molecule is COC(=O)C1=C(C)N(c2ccc3c(c2)OCO3)C(=O)NC1c1ccccc1F. The lowest BCUT2D eigenvalue weighted by Gasteiger charge is -2.35. The number of allylic oxidation sites excluding steroid dienone is 1. The Kier molecular flexibility index (Phi) is 4.38. The Hall–Kier alpha value is -3.55. The summed E-state index contributed by atoms with van der Waals surface area (Å²) in [5.41, 5.74) is 1.14. The molecular weight excluding hydrogens is 367 g/mol. The third kappa shape index (κ3) is 2.83. The van der Waals surface area contributed by atoms with Gasteiger partial charge in [0.1, 0.15) is 5.82 Å². The topological polar surface area (TPSA) is 77.1 Å². The summed E-state index contributed by atoms with van der Waals surface area (Å²) < 4.78 is 29.9. The fraction of sp³-hybridized carbons (Fsp3) is 0.200. The van der Waals surface area contributed by atoms with Crippen molar-refractivity contribution in [2.75, 3.05) is 18.8 Å². The van der Waals surface area contributed by atoms with Gasteiger partial charge in [-0.25, -0.2) is 14.0 Å². The van der Waals surface area contributed by atoms with Crippen LogP contribution >= 0.6 is 0 Å². The maximum Gasteiger partial charge on any atom is 0.337 e. The zero-order chi connectivity index (χ0) is 19.8. The fourth-order valence-corrected chi connectivity index (χ4v) is 3.40. The fourth-order valence-electron chi connectivity index (χ4n) is 3.40. The number of amides is 2. The van der Waals surface area contributed by atoms with E-state index >= 15 is 0 Å². The molecule has 2 aliphatic rings. The highest BCUT2D eigenvalue weighted by Gasteiger charge is 2.38. The summed E-state index contributed by atoms with van der Waals surface area (Å²) in [7, 11) is 1.24. The van der Waals surface area contributed by atoms with Crippen LogP contribution in [0.5, 0.6) is 11.5 Å². The molecule has 8 heteroatoms. The summed E-state index contributed by atoms with van der Waals surface area (Å²) in [6, 6.07) is 9.50. The van der Waals surface area contributed by atoms with E-state index in [1.54, 1.807) is 31.2 Å². The van der Waals surface area contributed by atoms with E-state index in [1.807, 2.05) is 0 Å². The van der Waals surface area contributed by atoms with E-state index in [0.717, 1.165) is 0 Å². The van der Waals surface area contributed by atoms with E-state index in [0.29, 0.717) is 22.9 Å². The number of halogens is 1. The molecule has 0 aromatic heterocycles. The number of anilines is 1. The number of hydrogen-bond donors (Lipinski definition) is 1. The summed E-state index contributed by atoms with van der Waals surface area (Å²) in [6.45, 7) is 1.71. The Bertz CT molecular complexity index is 1000. The van der Waals surface area contributed by atoms with Crippen LogP contribution in [0.25, 0.3) is 0 Å². The van der Waals surface area contributed by atoms with Crippen molar-refractivity contribution in [1.29, 1.82) is 0 Å². The van der Waals surface area contributed by atoms with Crippen molar-refractivity contribution in [2.24, 2.45) is 0 Å². The Morgan fingerprint density at radius 3 is 2.71 bits per heavy atom. The molecule has 1 atom stereocenters. The number of hydrogen-bond acceptors (Lipinski definition) is 5. The molecule has 2 aromatic carbocycles. The van der Waals surface area contributed by atoms with E-state index in [-0.39, 0.29) is 17.9 Å². The number of nitrogens with one attached hydrogen (secondary N) is 1. The molecule has 144 valence electrons. The van der Waals surface area contributed by atoms with Gasteiger partial charge in [-0.1, -0.05) is 18.2 Å². The molecule has 7 nitrogen and oxygen atoms in total. The van der Waals surface area contributed by atoms with Crippen LogP contribution in [0.3, 0.4) is 0 Å². The molecular formula is C20H17FN2O5. The Morgan fingerprint density at radius 2 is 1.96 bits per heavy atom. The highest BCUT2D eigenvalue weighted by atomic mass is 19.1. The number of fused-ring (bicyclic) bond motifs is 1. The van der Waals surface area contributed by atoms with Crippen molar-refractivity contribution in [3.8, 4) is 11.5 Å². The minimum atomic E-state index is -0.966. The highest BCUT2D eigenvalue weighted by Crippen LogP contribution is 2.39. The number of nitrogens with zero attached hydrogens (tertiary/aromatic N) is 1. The van der Waals surface area contributed by atoms with Crippen LogP contribution in [0.2, 0.25) is 0 Å². The van der Waals surface area contributed by atoms with Gasteiger partial charge in [0.15, 0.2) is 11.5 Å². The number of urea groups is 1. The first-order valence-corrected chi connectivity index (χ1v) is 8.55. The standard InChI is InChI=1S/C20H17FN2O5/c1-11-17(19(24)26-2)18(13-5-3-4-6-14(13)21)22-20(25)23(11)12-7-8-15-16(9-12)28-10-27-15/h3-9,18H,10H2,1-2H3,(H,22,25). The van der Waals surface area contributed by atoms with Crippen molar-refractivity contribution in [2.45, 2.75) is 13.0 Å². The van der Waals surface area contributed by atoms with Gasteiger partial charge in [-0.2, -0.15) is 0 Å². The van der Waals surface area contributed by atoms with Crippen LogP contribution in [0.4, 0.5) is 14.9 Å². The van der Waals surface area contributed by atoms with Gasteiger partial charge in [0.05, 0.1) is 24.4 Å². The molecule has 1 unspecified atom stereocenters. The first kappa shape index (κ1) is 17.8. The van der Waals surface area contributed by atoms with Crippen LogP contribution in [-0.2, 0) is 9.53 Å². The second kappa shape index (κ2) is 6.88. The zero-order valence-electron chi connectivity index (χ0n) is 15.2. The number of esters is 1. The van der Waals surface area contributed by atoms with Crippen LogP contribution in [-0.4, -0.2) is 25.9 Å². The van der Waals surface area contributed by atoms with Gasteiger partial charge in [-0.05, 0) is 25.1 Å². The summed E-state index contributed by atoms with van der Waals surface area (Å²) >= 11 is 0. The van der Waals surface area contributed by atoms with Gasteiger partial charge in [0.2, 0.25) is 6.79 Å². The minimum absolute atomic E-state index is 0.0998. The van der Waals surface area contributed by atoms with Gasteiger partial charge in [-0.3, -0.25) is 4.90 Å². The largest absolute Gasteiger partial charge is 0.466 e. The molecule has 2 amide bonds. The highest BCUT2D eigenvalue weighted by molar-refractivity contribution is 6.03. The van der Waals surface area contributed by atoms with E-state index in [2.05, 4.69) is 5.32 Å². The van der Waals surface area contributed by atoms with E-state index in [1.165, 1.54) is 30.2 Å². The van der Waals surface area contributed by atoms with E-state index in [4.69, 9.17) is 14.2 Å².